The summed E-state index contributed by atoms with van der Waals surface area (Å²) < 4.78 is 34.7. The van der Waals surface area contributed by atoms with Gasteiger partial charge in [-0.25, -0.2) is 8.42 Å². The van der Waals surface area contributed by atoms with Crippen LogP contribution in [0.15, 0.2) is 53.4 Å². The molecule has 0 atom stereocenters. The molecule has 0 saturated heterocycles. The van der Waals surface area contributed by atoms with E-state index >= 15 is 0 Å². The second-order valence-corrected chi connectivity index (χ2v) is 9.66. The highest BCUT2D eigenvalue weighted by molar-refractivity contribution is 7.89. The van der Waals surface area contributed by atoms with Crippen LogP contribution in [-0.2, 0) is 21.4 Å². The molecule has 176 valence electrons. The summed E-state index contributed by atoms with van der Waals surface area (Å²) in [6.45, 7) is 7.36. The number of nitrogens with one attached hydrogen (secondary N) is 1. The number of carbonyl (C=O) groups is 1. The van der Waals surface area contributed by atoms with Crippen LogP contribution in [0.1, 0.15) is 25.2 Å². The molecule has 0 saturated carbocycles. The van der Waals surface area contributed by atoms with Gasteiger partial charge in [-0.15, -0.1) is 0 Å². The van der Waals surface area contributed by atoms with Gasteiger partial charge in [0.05, 0.1) is 17.1 Å². The number of para-hydroxylation sites is 1. The van der Waals surface area contributed by atoms with Gasteiger partial charge in [-0.2, -0.15) is 9.40 Å². The lowest BCUT2D eigenvalue weighted by Gasteiger charge is -2.18. The zero-order chi connectivity index (χ0) is 24.2. The van der Waals surface area contributed by atoms with Gasteiger partial charge in [-0.3, -0.25) is 9.48 Å². The number of nitrogens with zero attached hydrogens (tertiary/aromatic N) is 3. The van der Waals surface area contributed by atoms with E-state index in [0.29, 0.717) is 46.7 Å². The van der Waals surface area contributed by atoms with Crippen molar-refractivity contribution in [2.75, 3.05) is 18.4 Å². The first kappa shape index (κ1) is 24.8. The fraction of sp³-hybridized carbons (Fsp3) is 0.304. The van der Waals surface area contributed by atoms with Crippen molar-refractivity contribution >= 4 is 33.2 Å². The SMILES string of the molecule is CCN(CC)S(=O)(=O)c1c(C)nn(CC(=O)Nc2cc(Cl)ccc2Oc2ccccc2)c1C. The number of carbonyl (C=O) groups excluding carboxylic acids is 1. The highest BCUT2D eigenvalue weighted by atomic mass is 35.5. The Labute approximate surface area is 199 Å². The number of aryl methyl sites for hydroxylation is 1. The topological polar surface area (TPSA) is 93.5 Å². The van der Waals surface area contributed by atoms with E-state index in [1.54, 1.807) is 58.0 Å². The van der Waals surface area contributed by atoms with Gasteiger partial charge in [0, 0.05) is 18.1 Å². The van der Waals surface area contributed by atoms with Gasteiger partial charge >= 0.3 is 0 Å². The van der Waals surface area contributed by atoms with E-state index in [9.17, 15) is 13.2 Å². The Morgan fingerprint density at radius 2 is 1.79 bits per heavy atom. The van der Waals surface area contributed by atoms with E-state index in [-0.39, 0.29) is 11.4 Å². The Bertz CT molecular complexity index is 1240. The van der Waals surface area contributed by atoms with E-state index < -0.39 is 15.9 Å². The lowest BCUT2D eigenvalue weighted by atomic mass is 10.2. The predicted octanol–water partition coefficient (Wildman–Crippen LogP) is 4.61. The molecule has 1 N–H and O–H groups in total. The molecular formula is C23H27ClN4O4S. The van der Waals surface area contributed by atoms with Crippen LogP contribution < -0.4 is 10.1 Å². The van der Waals surface area contributed by atoms with Gasteiger partial charge in [0.2, 0.25) is 15.9 Å². The van der Waals surface area contributed by atoms with E-state index in [1.807, 2.05) is 18.2 Å². The first-order chi connectivity index (χ1) is 15.7. The van der Waals surface area contributed by atoms with Crippen molar-refractivity contribution in [3.8, 4) is 11.5 Å². The van der Waals surface area contributed by atoms with Gasteiger partial charge in [0.15, 0.2) is 5.75 Å². The number of benzene rings is 2. The quantitative estimate of drug-likeness (QED) is 0.472. The first-order valence-electron chi connectivity index (χ1n) is 10.5. The first-order valence-corrected chi connectivity index (χ1v) is 12.4. The number of rotatable bonds is 9. The van der Waals surface area contributed by atoms with E-state index in [2.05, 4.69) is 10.4 Å². The van der Waals surface area contributed by atoms with Crippen LogP contribution in [0.5, 0.6) is 11.5 Å². The Balaban J connectivity index is 1.83. The number of hydrogen-bond acceptors (Lipinski definition) is 5. The van der Waals surface area contributed by atoms with Crippen molar-refractivity contribution in [3.63, 3.8) is 0 Å². The third-order valence-electron chi connectivity index (χ3n) is 5.10. The summed E-state index contributed by atoms with van der Waals surface area (Å²) in [6, 6.07) is 14.1. The molecule has 1 heterocycles. The highest BCUT2D eigenvalue weighted by Gasteiger charge is 2.29. The molecule has 10 heteroatoms. The Kier molecular flexibility index (Phi) is 7.78. The molecule has 0 radical (unpaired) electrons. The summed E-state index contributed by atoms with van der Waals surface area (Å²) in [6.07, 6.45) is 0. The van der Waals surface area contributed by atoms with Crippen LogP contribution in [0.4, 0.5) is 5.69 Å². The average molecular weight is 491 g/mol. The van der Waals surface area contributed by atoms with Gasteiger partial charge in [0.1, 0.15) is 17.2 Å². The molecule has 1 amide bonds. The maximum absolute atomic E-state index is 13.0. The maximum Gasteiger partial charge on any atom is 0.246 e. The molecule has 3 rings (SSSR count). The fourth-order valence-corrected chi connectivity index (χ4v) is 5.53. The third-order valence-corrected chi connectivity index (χ3v) is 7.64. The van der Waals surface area contributed by atoms with Gasteiger partial charge in [-0.1, -0.05) is 43.6 Å². The van der Waals surface area contributed by atoms with Crippen molar-refractivity contribution in [3.05, 3.63) is 64.9 Å². The second kappa shape index (κ2) is 10.4. The minimum Gasteiger partial charge on any atom is -0.455 e. The average Bonchev–Trinajstić information content (AvgIpc) is 3.04. The van der Waals surface area contributed by atoms with Crippen molar-refractivity contribution < 1.29 is 17.9 Å². The fourth-order valence-electron chi connectivity index (χ4n) is 3.53. The molecule has 8 nitrogen and oxygen atoms in total. The molecule has 33 heavy (non-hydrogen) atoms. The molecule has 0 spiro atoms. The smallest absolute Gasteiger partial charge is 0.246 e. The molecule has 1 aromatic heterocycles. The van der Waals surface area contributed by atoms with Crippen molar-refractivity contribution in [1.29, 1.82) is 0 Å². The number of sulfonamides is 1. The van der Waals surface area contributed by atoms with Crippen LogP contribution in [0, 0.1) is 13.8 Å². The summed E-state index contributed by atoms with van der Waals surface area (Å²) in [4.78, 5) is 13.0. The van der Waals surface area contributed by atoms with Crippen LogP contribution >= 0.6 is 11.6 Å². The molecule has 0 fully saturated rings. The van der Waals surface area contributed by atoms with Gasteiger partial charge in [-0.05, 0) is 44.2 Å². The third kappa shape index (κ3) is 5.55. The highest BCUT2D eigenvalue weighted by Crippen LogP contribution is 2.32. The zero-order valence-corrected chi connectivity index (χ0v) is 20.6. The molecular weight excluding hydrogens is 464 g/mol. The summed E-state index contributed by atoms with van der Waals surface area (Å²) in [5.41, 5.74) is 1.15. The minimum atomic E-state index is -3.70. The number of aromatic nitrogens is 2. The van der Waals surface area contributed by atoms with Crippen LogP contribution in [0.25, 0.3) is 0 Å². The van der Waals surface area contributed by atoms with Crippen molar-refractivity contribution in [1.82, 2.24) is 14.1 Å². The molecule has 0 bridgehead atoms. The lowest BCUT2D eigenvalue weighted by Crippen LogP contribution is -2.31. The van der Waals surface area contributed by atoms with Crippen molar-refractivity contribution in [2.45, 2.75) is 39.1 Å². The Morgan fingerprint density at radius 3 is 2.42 bits per heavy atom. The van der Waals surface area contributed by atoms with E-state index in [4.69, 9.17) is 16.3 Å². The standard InChI is InChI=1S/C23H27ClN4O4S/c1-5-27(6-2)33(30,31)23-16(3)26-28(17(23)4)15-22(29)25-20-14-18(24)12-13-21(20)32-19-10-8-7-9-11-19/h7-14H,5-6,15H2,1-4H3,(H,25,29). The second-order valence-electron chi connectivity index (χ2n) is 7.35. The maximum atomic E-state index is 13.0. The molecule has 0 aliphatic heterocycles. The minimum absolute atomic E-state index is 0.134. The van der Waals surface area contributed by atoms with Gasteiger partial charge < -0.3 is 10.1 Å². The summed E-state index contributed by atoms with van der Waals surface area (Å²) in [5, 5.41) is 7.53. The van der Waals surface area contributed by atoms with Gasteiger partial charge in [0.25, 0.3) is 0 Å². The van der Waals surface area contributed by atoms with Crippen LogP contribution in [0.3, 0.4) is 0 Å². The van der Waals surface area contributed by atoms with Crippen molar-refractivity contribution in [2.24, 2.45) is 0 Å². The number of halogens is 1. The summed E-state index contributed by atoms with van der Waals surface area (Å²) in [5.74, 6) is 0.643. The summed E-state index contributed by atoms with van der Waals surface area (Å²) >= 11 is 6.12. The monoisotopic (exact) mass is 490 g/mol. The number of amides is 1. The molecule has 0 aliphatic rings. The number of hydrogen-bond donors (Lipinski definition) is 1. The largest absolute Gasteiger partial charge is 0.455 e. The normalized spacial score (nSPS) is 11.6. The molecule has 0 unspecified atom stereocenters. The lowest BCUT2D eigenvalue weighted by molar-refractivity contribution is -0.117. The predicted molar refractivity (Wildman–Crippen MR) is 128 cm³/mol. The van der Waals surface area contributed by atoms with Crippen LogP contribution in [0.2, 0.25) is 5.02 Å². The molecule has 0 aliphatic carbocycles. The summed E-state index contributed by atoms with van der Waals surface area (Å²) in [7, 11) is -3.70. The number of anilines is 1. The van der Waals surface area contributed by atoms with E-state index in [1.165, 1.54) is 8.99 Å². The number of ether oxygens (including phenoxy) is 1. The van der Waals surface area contributed by atoms with Crippen LogP contribution in [-0.4, -0.2) is 41.5 Å². The van der Waals surface area contributed by atoms with E-state index in [0.717, 1.165) is 0 Å². The molecule has 3 aromatic rings. The molecule has 2 aromatic carbocycles. The Morgan fingerprint density at radius 1 is 1.12 bits per heavy atom. The Hall–Kier alpha value is -2.88. The zero-order valence-electron chi connectivity index (χ0n) is 19.0.